The van der Waals surface area contributed by atoms with Gasteiger partial charge in [-0.3, -0.25) is 4.79 Å². The lowest BCUT2D eigenvalue weighted by atomic mass is 10.1. The summed E-state index contributed by atoms with van der Waals surface area (Å²) in [5.41, 5.74) is 1.70. The molecule has 1 N–H and O–H groups in total. The Hall–Kier alpha value is -2.67. The van der Waals surface area contributed by atoms with Crippen LogP contribution in [0.2, 0.25) is 5.02 Å². The van der Waals surface area contributed by atoms with E-state index in [2.05, 4.69) is 20.7 Å². The molecule has 0 saturated heterocycles. The van der Waals surface area contributed by atoms with E-state index in [4.69, 9.17) is 11.6 Å². The molecule has 0 spiro atoms. The highest BCUT2D eigenvalue weighted by Crippen LogP contribution is 2.19. The van der Waals surface area contributed by atoms with Crippen molar-refractivity contribution in [3.8, 4) is 5.69 Å². The van der Waals surface area contributed by atoms with Crippen LogP contribution >= 0.6 is 11.6 Å². The number of halogens is 1. The number of aryl methyl sites for hydroxylation is 1. The summed E-state index contributed by atoms with van der Waals surface area (Å²) in [7, 11) is 0. The quantitative estimate of drug-likeness (QED) is 0.778. The van der Waals surface area contributed by atoms with E-state index in [0.717, 1.165) is 11.4 Å². The summed E-state index contributed by atoms with van der Waals surface area (Å²) >= 11 is 6.03. The molecule has 0 aliphatic carbocycles. The number of rotatable bonds is 3. The van der Waals surface area contributed by atoms with Gasteiger partial charge >= 0.3 is 0 Å². The molecular formula is C17H19ClN6O. The van der Waals surface area contributed by atoms with E-state index in [9.17, 15) is 4.79 Å². The fourth-order valence-electron chi connectivity index (χ4n) is 2.28. The Labute approximate surface area is 150 Å². The van der Waals surface area contributed by atoms with Crippen LogP contribution in [-0.4, -0.2) is 30.7 Å². The number of amides is 1. The fourth-order valence-corrected chi connectivity index (χ4v) is 2.47. The minimum absolute atomic E-state index is 0.240. The third-order valence-electron chi connectivity index (χ3n) is 3.60. The highest BCUT2D eigenvalue weighted by Gasteiger charge is 2.19. The number of hydrogen-bond acceptors (Lipinski definition) is 4. The maximum atomic E-state index is 12.4. The van der Waals surface area contributed by atoms with Gasteiger partial charge in [-0.25, -0.2) is 9.36 Å². The van der Waals surface area contributed by atoms with Crippen molar-refractivity contribution in [1.82, 2.24) is 24.8 Å². The molecule has 25 heavy (non-hydrogen) atoms. The molecule has 2 aromatic heterocycles. The molecular weight excluding hydrogens is 340 g/mol. The van der Waals surface area contributed by atoms with Crippen LogP contribution in [0.5, 0.6) is 0 Å². The van der Waals surface area contributed by atoms with E-state index in [1.165, 1.54) is 0 Å². The van der Waals surface area contributed by atoms with Gasteiger partial charge in [0.05, 0.1) is 17.4 Å². The van der Waals surface area contributed by atoms with Crippen LogP contribution in [0.4, 0.5) is 5.82 Å². The summed E-state index contributed by atoms with van der Waals surface area (Å²) in [6.45, 7) is 7.86. The van der Waals surface area contributed by atoms with Crippen molar-refractivity contribution >= 4 is 23.3 Å². The zero-order valence-corrected chi connectivity index (χ0v) is 15.2. The highest BCUT2D eigenvalue weighted by molar-refractivity contribution is 6.30. The molecule has 0 aliphatic heterocycles. The van der Waals surface area contributed by atoms with Crippen LogP contribution in [0.3, 0.4) is 0 Å². The van der Waals surface area contributed by atoms with Crippen molar-refractivity contribution in [3.05, 3.63) is 52.9 Å². The summed E-state index contributed by atoms with van der Waals surface area (Å²) in [4.78, 5) is 12.4. The number of carbonyl (C=O) groups is 1. The van der Waals surface area contributed by atoms with Gasteiger partial charge < -0.3 is 5.32 Å². The zero-order valence-electron chi connectivity index (χ0n) is 14.5. The average molecular weight is 359 g/mol. The van der Waals surface area contributed by atoms with Crippen molar-refractivity contribution in [2.24, 2.45) is 0 Å². The molecule has 0 saturated carbocycles. The lowest BCUT2D eigenvalue weighted by Gasteiger charge is -2.17. The van der Waals surface area contributed by atoms with Crippen molar-refractivity contribution in [1.29, 1.82) is 0 Å². The molecule has 0 fully saturated rings. The van der Waals surface area contributed by atoms with Crippen LogP contribution < -0.4 is 5.32 Å². The minimum atomic E-state index is -0.355. The average Bonchev–Trinajstić information content (AvgIpc) is 3.14. The Balaban J connectivity index is 1.81. The fraction of sp³-hybridized carbons (Fsp3) is 0.294. The molecule has 0 atom stereocenters. The molecule has 8 heteroatoms. The maximum absolute atomic E-state index is 12.4. The second-order valence-electron chi connectivity index (χ2n) is 6.74. The van der Waals surface area contributed by atoms with Crippen molar-refractivity contribution in [2.45, 2.75) is 33.2 Å². The predicted molar refractivity (Wildman–Crippen MR) is 96.3 cm³/mol. The summed E-state index contributed by atoms with van der Waals surface area (Å²) in [6.07, 6.45) is 1.62. The topological polar surface area (TPSA) is 77.6 Å². The Morgan fingerprint density at radius 3 is 2.64 bits per heavy atom. The number of nitrogens with one attached hydrogen (secondary N) is 1. The Kier molecular flexibility index (Phi) is 4.34. The Morgan fingerprint density at radius 1 is 1.24 bits per heavy atom. The number of hydrogen-bond donors (Lipinski definition) is 1. The molecule has 2 heterocycles. The number of carbonyl (C=O) groups excluding carboxylic acids is 1. The Bertz CT molecular complexity index is 921. The van der Waals surface area contributed by atoms with Gasteiger partial charge in [0.2, 0.25) is 0 Å². The molecule has 0 unspecified atom stereocenters. The second-order valence-corrected chi connectivity index (χ2v) is 7.17. The summed E-state index contributed by atoms with van der Waals surface area (Å²) < 4.78 is 3.37. The van der Waals surface area contributed by atoms with Gasteiger partial charge in [0.1, 0.15) is 0 Å². The molecule has 1 amide bonds. The van der Waals surface area contributed by atoms with Gasteiger partial charge in [0.15, 0.2) is 11.5 Å². The number of benzene rings is 1. The van der Waals surface area contributed by atoms with Crippen LogP contribution in [0.25, 0.3) is 5.69 Å². The van der Waals surface area contributed by atoms with E-state index >= 15 is 0 Å². The lowest BCUT2D eigenvalue weighted by molar-refractivity contribution is 0.102. The SMILES string of the molecule is Cc1cc(NC(=O)c2cn(C(C)(C)C)nn2)nn1-c1cccc(Cl)c1. The van der Waals surface area contributed by atoms with E-state index in [0.29, 0.717) is 10.8 Å². The summed E-state index contributed by atoms with van der Waals surface area (Å²) in [5, 5.41) is 15.7. The summed E-state index contributed by atoms with van der Waals surface area (Å²) in [5.74, 6) is 0.0824. The zero-order chi connectivity index (χ0) is 18.2. The summed E-state index contributed by atoms with van der Waals surface area (Å²) in [6, 6.07) is 9.13. The van der Waals surface area contributed by atoms with E-state index in [-0.39, 0.29) is 17.1 Å². The Morgan fingerprint density at radius 2 is 2.00 bits per heavy atom. The van der Waals surface area contributed by atoms with Crippen molar-refractivity contribution < 1.29 is 4.79 Å². The van der Waals surface area contributed by atoms with Crippen LogP contribution in [0.15, 0.2) is 36.5 Å². The molecule has 3 rings (SSSR count). The highest BCUT2D eigenvalue weighted by atomic mass is 35.5. The standard InChI is InChI=1S/C17H19ClN6O/c1-11-8-15(21-24(11)13-7-5-6-12(18)9-13)19-16(25)14-10-23(22-20-14)17(2,3)4/h5-10H,1-4H3,(H,19,21,25). The first-order valence-corrected chi connectivity index (χ1v) is 8.18. The first-order valence-electron chi connectivity index (χ1n) is 7.81. The van der Waals surface area contributed by atoms with E-state index < -0.39 is 0 Å². The molecule has 1 aromatic carbocycles. The van der Waals surface area contributed by atoms with Crippen LogP contribution in [0.1, 0.15) is 37.0 Å². The number of nitrogens with zero attached hydrogens (tertiary/aromatic N) is 5. The third kappa shape index (κ3) is 3.71. The normalized spacial score (nSPS) is 11.6. The first kappa shape index (κ1) is 17.2. The van der Waals surface area contributed by atoms with Gasteiger partial charge in [-0.05, 0) is 45.9 Å². The first-order chi connectivity index (χ1) is 11.7. The minimum Gasteiger partial charge on any atom is -0.304 e. The molecule has 0 radical (unpaired) electrons. The van der Waals surface area contributed by atoms with Crippen LogP contribution in [-0.2, 0) is 5.54 Å². The lowest BCUT2D eigenvalue weighted by Crippen LogP contribution is -2.22. The number of aromatic nitrogens is 5. The van der Waals surface area contributed by atoms with Crippen molar-refractivity contribution in [2.75, 3.05) is 5.32 Å². The molecule has 0 aliphatic rings. The predicted octanol–water partition coefficient (Wildman–Crippen LogP) is 3.43. The van der Waals surface area contributed by atoms with E-state index in [1.54, 1.807) is 27.7 Å². The molecule has 130 valence electrons. The molecule has 7 nitrogen and oxygen atoms in total. The van der Waals surface area contributed by atoms with E-state index in [1.807, 2.05) is 45.9 Å². The van der Waals surface area contributed by atoms with Gasteiger partial charge in [0, 0.05) is 16.8 Å². The van der Waals surface area contributed by atoms with Crippen LogP contribution in [0, 0.1) is 6.92 Å². The van der Waals surface area contributed by atoms with Gasteiger partial charge in [-0.2, -0.15) is 0 Å². The monoisotopic (exact) mass is 358 g/mol. The van der Waals surface area contributed by atoms with Gasteiger partial charge in [-0.1, -0.05) is 22.9 Å². The van der Waals surface area contributed by atoms with Gasteiger partial charge in [0.25, 0.3) is 5.91 Å². The molecule has 3 aromatic rings. The van der Waals surface area contributed by atoms with Gasteiger partial charge in [-0.15, -0.1) is 10.2 Å². The third-order valence-corrected chi connectivity index (χ3v) is 3.83. The maximum Gasteiger partial charge on any atom is 0.279 e. The smallest absolute Gasteiger partial charge is 0.279 e. The second kappa shape index (κ2) is 6.33. The molecule has 0 bridgehead atoms. The van der Waals surface area contributed by atoms with Crippen molar-refractivity contribution in [3.63, 3.8) is 0 Å². The number of anilines is 1. The largest absolute Gasteiger partial charge is 0.304 e.